The zero-order valence-electron chi connectivity index (χ0n) is 12.1. The van der Waals surface area contributed by atoms with Crippen LogP contribution in [0.25, 0.3) is 0 Å². The summed E-state index contributed by atoms with van der Waals surface area (Å²) >= 11 is 0. The molecule has 4 nitrogen and oxygen atoms in total. The number of hydrogen-bond acceptors (Lipinski definition) is 3. The number of likely N-dealkylation sites (N-methyl/N-ethyl adjacent to an activating group) is 1. The molecule has 0 aliphatic carbocycles. The summed E-state index contributed by atoms with van der Waals surface area (Å²) in [6.07, 6.45) is 1.12. The third-order valence-electron chi connectivity index (χ3n) is 3.97. The van der Waals surface area contributed by atoms with Crippen LogP contribution in [0.4, 0.5) is 0 Å². The summed E-state index contributed by atoms with van der Waals surface area (Å²) in [6.45, 7) is 11.6. The Hall–Kier alpha value is -0.320. The van der Waals surface area contributed by atoms with Crippen LogP contribution in [-0.4, -0.2) is 54.0 Å². The lowest BCUT2D eigenvalue weighted by atomic mass is 10.1. The van der Waals surface area contributed by atoms with E-state index >= 15 is 0 Å². The third kappa shape index (κ3) is 3.84. The summed E-state index contributed by atoms with van der Waals surface area (Å²) in [7, 11) is 0. The molecule has 18 heavy (non-hydrogen) atoms. The first kappa shape index (κ1) is 17.7. The first-order valence-electron chi connectivity index (χ1n) is 6.79. The number of hydrogen-bond donors (Lipinski definition) is 1. The minimum atomic E-state index is -0.0125. The maximum atomic E-state index is 12.3. The van der Waals surface area contributed by atoms with Crippen molar-refractivity contribution >= 4 is 18.3 Å². The third-order valence-corrected chi connectivity index (χ3v) is 3.97. The highest BCUT2D eigenvalue weighted by Gasteiger charge is 2.35. The van der Waals surface area contributed by atoms with Crippen LogP contribution in [0, 0.1) is 5.92 Å². The van der Waals surface area contributed by atoms with Gasteiger partial charge in [-0.05, 0) is 46.6 Å². The number of nitrogens with two attached hydrogens (primary N) is 1. The maximum Gasteiger partial charge on any atom is 0.239 e. The number of carbonyl (C=O) groups excluding carboxylic acids is 1. The molecule has 3 unspecified atom stereocenters. The van der Waals surface area contributed by atoms with Crippen molar-refractivity contribution in [2.45, 2.75) is 46.2 Å². The van der Waals surface area contributed by atoms with E-state index in [0.29, 0.717) is 12.0 Å². The number of carbonyl (C=O) groups is 1. The van der Waals surface area contributed by atoms with Gasteiger partial charge in [-0.15, -0.1) is 12.4 Å². The molecule has 1 amide bonds. The molecule has 108 valence electrons. The molecule has 0 saturated carbocycles. The number of nitrogens with zero attached hydrogens (tertiary/aromatic N) is 2. The molecule has 0 bridgehead atoms. The standard InChI is InChI=1S/C13H27N3O.ClH/c1-5-15(6-2)13(17)11(4)16-9-12(8-14)7-10(16)3;/h10-12H,5-9,14H2,1-4H3;1H. The van der Waals surface area contributed by atoms with Gasteiger partial charge < -0.3 is 10.6 Å². The van der Waals surface area contributed by atoms with E-state index in [9.17, 15) is 4.79 Å². The van der Waals surface area contributed by atoms with Crippen molar-refractivity contribution in [3.8, 4) is 0 Å². The molecular formula is C13H28ClN3O. The summed E-state index contributed by atoms with van der Waals surface area (Å²) < 4.78 is 0. The second kappa shape index (κ2) is 7.97. The molecule has 1 aliphatic rings. The Morgan fingerprint density at radius 2 is 2.00 bits per heavy atom. The fraction of sp³-hybridized carbons (Fsp3) is 0.923. The highest BCUT2D eigenvalue weighted by atomic mass is 35.5. The minimum absolute atomic E-state index is 0. The average Bonchev–Trinajstić information content (AvgIpc) is 2.71. The molecule has 5 heteroatoms. The van der Waals surface area contributed by atoms with Crippen LogP contribution in [0.15, 0.2) is 0 Å². The SMILES string of the molecule is CCN(CC)C(=O)C(C)N1CC(CN)CC1C.Cl. The first-order chi connectivity index (χ1) is 8.04. The fourth-order valence-electron chi connectivity index (χ4n) is 2.82. The highest BCUT2D eigenvalue weighted by Crippen LogP contribution is 2.24. The number of rotatable bonds is 5. The molecule has 0 aromatic carbocycles. The molecule has 1 fully saturated rings. The Morgan fingerprint density at radius 3 is 2.39 bits per heavy atom. The Morgan fingerprint density at radius 1 is 1.44 bits per heavy atom. The van der Waals surface area contributed by atoms with Crippen molar-refractivity contribution in [1.82, 2.24) is 9.80 Å². The van der Waals surface area contributed by atoms with Crippen LogP contribution in [0.1, 0.15) is 34.1 Å². The van der Waals surface area contributed by atoms with Crippen LogP contribution in [0.3, 0.4) is 0 Å². The lowest BCUT2D eigenvalue weighted by molar-refractivity contribution is -0.136. The lowest BCUT2D eigenvalue weighted by Crippen LogP contribution is -2.48. The molecule has 0 spiro atoms. The van der Waals surface area contributed by atoms with Crippen molar-refractivity contribution < 1.29 is 4.79 Å². The highest BCUT2D eigenvalue weighted by molar-refractivity contribution is 5.85. The van der Waals surface area contributed by atoms with Gasteiger partial charge in [0.25, 0.3) is 0 Å². The summed E-state index contributed by atoms with van der Waals surface area (Å²) in [5.41, 5.74) is 5.72. The molecular weight excluding hydrogens is 250 g/mol. The Labute approximate surface area is 117 Å². The predicted molar refractivity (Wildman–Crippen MR) is 78.0 cm³/mol. The fourth-order valence-corrected chi connectivity index (χ4v) is 2.82. The predicted octanol–water partition coefficient (Wildman–Crippen LogP) is 1.33. The summed E-state index contributed by atoms with van der Waals surface area (Å²) in [6, 6.07) is 0.458. The van der Waals surface area contributed by atoms with Gasteiger partial charge in [-0.1, -0.05) is 0 Å². The number of likely N-dealkylation sites (tertiary alicyclic amines) is 1. The van der Waals surface area contributed by atoms with E-state index in [1.807, 2.05) is 25.7 Å². The van der Waals surface area contributed by atoms with E-state index in [2.05, 4.69) is 11.8 Å². The van der Waals surface area contributed by atoms with Crippen LogP contribution < -0.4 is 5.73 Å². The van der Waals surface area contributed by atoms with E-state index in [-0.39, 0.29) is 24.4 Å². The van der Waals surface area contributed by atoms with E-state index in [0.717, 1.165) is 32.6 Å². The second-order valence-corrected chi connectivity index (χ2v) is 5.07. The van der Waals surface area contributed by atoms with Crippen LogP contribution in [0.2, 0.25) is 0 Å². The van der Waals surface area contributed by atoms with Crippen molar-refractivity contribution in [1.29, 1.82) is 0 Å². The molecule has 0 aromatic rings. The second-order valence-electron chi connectivity index (χ2n) is 5.07. The summed E-state index contributed by atoms with van der Waals surface area (Å²) in [4.78, 5) is 16.5. The number of amides is 1. The molecule has 0 radical (unpaired) electrons. The van der Waals surface area contributed by atoms with Gasteiger partial charge in [0.05, 0.1) is 6.04 Å². The Bertz CT molecular complexity index is 259. The normalized spacial score (nSPS) is 25.6. The zero-order valence-corrected chi connectivity index (χ0v) is 12.9. The monoisotopic (exact) mass is 277 g/mol. The smallest absolute Gasteiger partial charge is 0.239 e. The Balaban J connectivity index is 0.00000289. The van der Waals surface area contributed by atoms with Gasteiger partial charge in [-0.3, -0.25) is 9.69 Å². The van der Waals surface area contributed by atoms with Crippen LogP contribution in [0.5, 0.6) is 0 Å². The van der Waals surface area contributed by atoms with Gasteiger partial charge in [0.1, 0.15) is 0 Å². The molecule has 1 heterocycles. The molecule has 0 aromatic heterocycles. The van der Waals surface area contributed by atoms with Crippen LogP contribution in [-0.2, 0) is 4.79 Å². The van der Waals surface area contributed by atoms with E-state index < -0.39 is 0 Å². The van der Waals surface area contributed by atoms with Crippen LogP contribution >= 0.6 is 12.4 Å². The van der Waals surface area contributed by atoms with E-state index in [1.54, 1.807) is 0 Å². The van der Waals surface area contributed by atoms with E-state index in [4.69, 9.17) is 5.73 Å². The van der Waals surface area contributed by atoms with E-state index in [1.165, 1.54) is 0 Å². The quantitative estimate of drug-likeness (QED) is 0.825. The van der Waals surface area contributed by atoms with Crippen molar-refractivity contribution in [3.05, 3.63) is 0 Å². The summed E-state index contributed by atoms with van der Waals surface area (Å²) in [5.74, 6) is 0.802. The molecule has 1 saturated heterocycles. The van der Waals surface area contributed by atoms with Crippen molar-refractivity contribution in [2.75, 3.05) is 26.2 Å². The van der Waals surface area contributed by atoms with Gasteiger partial charge >= 0.3 is 0 Å². The lowest BCUT2D eigenvalue weighted by Gasteiger charge is -2.31. The molecule has 1 aliphatic heterocycles. The molecule has 1 rings (SSSR count). The zero-order chi connectivity index (χ0) is 13.0. The topological polar surface area (TPSA) is 49.6 Å². The maximum absolute atomic E-state index is 12.3. The first-order valence-corrected chi connectivity index (χ1v) is 6.79. The van der Waals surface area contributed by atoms with Gasteiger partial charge in [-0.2, -0.15) is 0 Å². The molecule has 3 atom stereocenters. The molecule has 2 N–H and O–H groups in total. The van der Waals surface area contributed by atoms with Gasteiger partial charge in [-0.25, -0.2) is 0 Å². The number of halogens is 1. The van der Waals surface area contributed by atoms with Crippen molar-refractivity contribution in [3.63, 3.8) is 0 Å². The summed E-state index contributed by atoms with van der Waals surface area (Å²) in [5, 5.41) is 0. The van der Waals surface area contributed by atoms with Gasteiger partial charge in [0.2, 0.25) is 5.91 Å². The Kier molecular flexibility index (Phi) is 7.83. The minimum Gasteiger partial charge on any atom is -0.342 e. The van der Waals surface area contributed by atoms with Gasteiger partial charge in [0, 0.05) is 25.7 Å². The van der Waals surface area contributed by atoms with Gasteiger partial charge in [0.15, 0.2) is 0 Å². The van der Waals surface area contributed by atoms with Crippen molar-refractivity contribution in [2.24, 2.45) is 11.7 Å². The largest absolute Gasteiger partial charge is 0.342 e. The average molecular weight is 278 g/mol.